The van der Waals surface area contributed by atoms with E-state index in [2.05, 4.69) is 0 Å². The van der Waals surface area contributed by atoms with Crippen LogP contribution in [0.1, 0.15) is 6.42 Å². The van der Waals surface area contributed by atoms with Crippen LogP contribution in [0.3, 0.4) is 0 Å². The molecule has 1 saturated carbocycles. The molecular weight excluding hydrogens is 378 g/mol. The average Bonchev–Trinajstić information content (AvgIpc) is 3.03. The number of rotatable bonds is 4. The molecule has 2 nitrogen and oxygen atoms in total. The fraction of sp³-hybridized carbons (Fsp3) is 0.636. The Morgan fingerprint density at radius 3 is 3.00 bits per heavy atom. The third-order valence-electron chi connectivity index (χ3n) is 3.16. The topological polar surface area (TPSA) is 46.2 Å². The van der Waals surface area contributed by atoms with Crippen molar-refractivity contribution in [3.63, 3.8) is 0 Å². The fourth-order valence-electron chi connectivity index (χ4n) is 2.18. The van der Waals surface area contributed by atoms with Gasteiger partial charge in [0, 0.05) is 0 Å². The second-order valence-electron chi connectivity index (χ2n) is 4.24. The molecule has 2 rings (SSSR count). The molecule has 1 aliphatic heterocycles. The van der Waals surface area contributed by atoms with Gasteiger partial charge in [-0.3, -0.25) is 0 Å². The van der Waals surface area contributed by atoms with Crippen LogP contribution >= 0.6 is 11.8 Å². The van der Waals surface area contributed by atoms with Crippen molar-refractivity contribution in [3.8, 4) is 0 Å². The molecule has 0 amide bonds. The van der Waals surface area contributed by atoms with Crippen LogP contribution in [0, 0.1) is 5.92 Å². The first-order valence-electron chi connectivity index (χ1n) is 5.46. The van der Waals surface area contributed by atoms with E-state index in [1.165, 1.54) is 17.8 Å². The Morgan fingerprint density at radius 1 is 1.67 bits per heavy atom. The second kappa shape index (κ2) is 5.34. The molecule has 2 aliphatic rings. The van der Waals surface area contributed by atoms with Crippen molar-refractivity contribution in [1.82, 2.24) is 0 Å². The summed E-state index contributed by atoms with van der Waals surface area (Å²) in [5, 5.41) is 10.0. The summed E-state index contributed by atoms with van der Waals surface area (Å²) in [5.41, 5.74) is 5.67. The van der Waals surface area contributed by atoms with Crippen LogP contribution in [0.5, 0.6) is 0 Å². The molecular formula is C11H14F3INOS-. The summed E-state index contributed by atoms with van der Waals surface area (Å²) in [7, 11) is 0. The number of thioether (sulfide) groups is 1. The van der Waals surface area contributed by atoms with E-state index in [-0.39, 0.29) is 48.1 Å². The number of hydrogen-bond donors (Lipinski definition) is 2. The van der Waals surface area contributed by atoms with Crippen LogP contribution in [0.2, 0.25) is 0 Å². The molecule has 1 heterocycles. The van der Waals surface area contributed by atoms with Gasteiger partial charge in [-0.2, -0.15) is 0 Å². The second-order valence-corrected chi connectivity index (χ2v) is 8.94. The molecule has 0 aromatic heterocycles. The van der Waals surface area contributed by atoms with E-state index in [1.807, 2.05) is 0 Å². The van der Waals surface area contributed by atoms with Gasteiger partial charge >= 0.3 is 118 Å². The van der Waals surface area contributed by atoms with E-state index in [4.69, 9.17) is 10.8 Å². The Kier molecular flexibility index (Phi) is 4.35. The van der Waals surface area contributed by atoms with E-state index >= 15 is 0 Å². The number of nitrogens with two attached hydrogens (primary N) is 1. The number of aliphatic hydroxyl groups excluding tert-OH is 1. The van der Waals surface area contributed by atoms with Crippen molar-refractivity contribution >= 4 is 11.8 Å². The number of halogens is 4. The summed E-state index contributed by atoms with van der Waals surface area (Å²) in [6, 6.07) is 0. The molecule has 18 heavy (non-hydrogen) atoms. The van der Waals surface area contributed by atoms with Gasteiger partial charge in [-0.1, -0.05) is 0 Å². The third kappa shape index (κ3) is 2.73. The molecule has 3 atom stereocenters. The molecule has 1 unspecified atom stereocenters. The average molecular weight is 392 g/mol. The van der Waals surface area contributed by atoms with E-state index in [0.29, 0.717) is 10.8 Å². The van der Waals surface area contributed by atoms with Crippen LogP contribution in [0.4, 0.5) is 13.2 Å². The van der Waals surface area contributed by atoms with Crippen molar-refractivity contribution in [3.05, 3.63) is 23.1 Å². The summed E-state index contributed by atoms with van der Waals surface area (Å²) in [6.45, 7) is -0.0705. The molecule has 0 radical (unpaired) electrons. The van der Waals surface area contributed by atoms with E-state index in [1.54, 1.807) is 11.5 Å². The molecule has 1 fully saturated rings. The molecule has 7 heteroatoms. The standard InChI is InChI=1S/C11H14F3INOS/c12-11(13,14)7-2-3-15-10(6-8(7)10)9(16)18-5-1-4-17/h1-2,5,8-9,17H,3-4,6,16H2/q-1/b5-1+/t8-,9+,10?/m1/s1. The van der Waals surface area contributed by atoms with Gasteiger partial charge in [0.05, 0.1) is 0 Å². The molecule has 0 bridgehead atoms. The number of alkyl halides is 5. The summed E-state index contributed by atoms with van der Waals surface area (Å²) in [5.74, 6) is -0.385. The molecule has 0 aromatic rings. The number of hydrogen-bond acceptors (Lipinski definition) is 3. The Bertz CT molecular complexity index is 385. The summed E-state index contributed by atoms with van der Waals surface area (Å²) < 4.78 is 38.7. The van der Waals surface area contributed by atoms with E-state index < -0.39 is 6.18 Å². The summed E-state index contributed by atoms with van der Waals surface area (Å²) >= 11 is 1.01. The number of aliphatic hydroxyl groups is 1. The van der Waals surface area contributed by atoms with E-state index in [0.717, 1.165) is 0 Å². The molecule has 0 spiro atoms. The number of allylic oxidation sites excluding steroid dienone is 2. The minimum absolute atomic E-state index is 0.0705. The quantitative estimate of drug-likeness (QED) is 0.275. The Hall–Kier alpha value is 0.270. The third-order valence-corrected chi connectivity index (χ3v) is 8.81. The summed E-state index contributed by atoms with van der Waals surface area (Å²) in [6.07, 6.45) is -0.709. The van der Waals surface area contributed by atoms with Gasteiger partial charge in [0.2, 0.25) is 0 Å². The zero-order valence-corrected chi connectivity index (χ0v) is 12.4. The Balaban J connectivity index is 2.05. The molecule has 1 aliphatic carbocycles. The minimum atomic E-state index is -4.21. The van der Waals surface area contributed by atoms with Crippen LogP contribution in [0.25, 0.3) is 0 Å². The van der Waals surface area contributed by atoms with Crippen molar-refractivity contribution < 1.29 is 39.5 Å². The van der Waals surface area contributed by atoms with Gasteiger partial charge in [0.1, 0.15) is 0 Å². The van der Waals surface area contributed by atoms with Crippen LogP contribution in [-0.4, -0.2) is 31.1 Å². The Labute approximate surface area is 118 Å². The zero-order valence-electron chi connectivity index (χ0n) is 9.45. The Morgan fingerprint density at radius 2 is 2.39 bits per heavy atom. The predicted molar refractivity (Wildman–Crippen MR) is 61.6 cm³/mol. The van der Waals surface area contributed by atoms with Gasteiger partial charge in [-0.15, -0.1) is 0 Å². The first kappa shape index (κ1) is 14.7. The summed E-state index contributed by atoms with van der Waals surface area (Å²) in [4.78, 5) is 0. The van der Waals surface area contributed by atoms with Gasteiger partial charge in [0.25, 0.3) is 0 Å². The van der Waals surface area contributed by atoms with Crippen molar-refractivity contribution in [2.45, 2.75) is 21.4 Å². The van der Waals surface area contributed by atoms with Crippen molar-refractivity contribution in [2.75, 3.05) is 11.0 Å². The fourth-order valence-corrected chi connectivity index (χ4v) is 7.46. The molecule has 0 aromatic carbocycles. The van der Waals surface area contributed by atoms with Crippen LogP contribution < -0.4 is 26.9 Å². The zero-order chi connectivity index (χ0) is 13.4. The van der Waals surface area contributed by atoms with Crippen LogP contribution in [0.15, 0.2) is 23.1 Å². The van der Waals surface area contributed by atoms with Crippen LogP contribution in [-0.2, 0) is 0 Å². The number of fused-ring (bicyclic) bond motifs is 1. The monoisotopic (exact) mass is 392 g/mol. The molecule has 0 saturated heterocycles. The predicted octanol–water partition coefficient (Wildman–Crippen LogP) is -1.14. The van der Waals surface area contributed by atoms with Gasteiger partial charge in [0.15, 0.2) is 0 Å². The first-order valence-corrected chi connectivity index (χ1v) is 9.01. The van der Waals surface area contributed by atoms with Crippen molar-refractivity contribution in [2.24, 2.45) is 11.7 Å². The van der Waals surface area contributed by atoms with Gasteiger partial charge in [-0.05, 0) is 0 Å². The normalized spacial score (nSPS) is 33.6. The SMILES string of the molecule is N[C@@H](S/C=C/CO)C12C[C@@H]1C(C(F)(F)F)=CC[I-]2. The maximum atomic E-state index is 12.8. The maximum absolute atomic E-state index is 12.8. The first-order chi connectivity index (χ1) is 8.42. The van der Waals surface area contributed by atoms with Gasteiger partial charge in [-0.25, -0.2) is 0 Å². The van der Waals surface area contributed by atoms with Crippen molar-refractivity contribution in [1.29, 1.82) is 0 Å². The molecule has 104 valence electrons. The van der Waals surface area contributed by atoms with E-state index in [9.17, 15) is 13.2 Å². The molecule has 3 N–H and O–H groups in total. The van der Waals surface area contributed by atoms with Gasteiger partial charge < -0.3 is 0 Å².